The van der Waals surface area contributed by atoms with Gasteiger partial charge in [-0.15, -0.1) is 0 Å². The molecule has 1 aliphatic rings. The molecule has 0 unspecified atom stereocenters. The first kappa shape index (κ1) is 14.6. The highest BCUT2D eigenvalue weighted by molar-refractivity contribution is 5.88. The van der Waals surface area contributed by atoms with E-state index in [9.17, 15) is 4.79 Å². The highest BCUT2D eigenvalue weighted by Gasteiger charge is 2.12. The minimum Gasteiger partial charge on any atom is -0.464 e. The van der Waals surface area contributed by atoms with Gasteiger partial charge in [0.05, 0.1) is 12.8 Å². The maximum absolute atomic E-state index is 11.4. The van der Waals surface area contributed by atoms with Gasteiger partial charge in [-0.1, -0.05) is 6.42 Å². The number of piperidine rings is 1. The van der Waals surface area contributed by atoms with E-state index in [1.807, 2.05) is 0 Å². The molecule has 0 saturated carbocycles. The smallest absolute Gasteiger partial charge is 0.356 e. The lowest BCUT2D eigenvalue weighted by molar-refractivity contribution is 0.0594. The van der Waals surface area contributed by atoms with Gasteiger partial charge in [0.2, 0.25) is 0 Å². The fourth-order valence-corrected chi connectivity index (χ4v) is 2.35. The molecule has 20 heavy (non-hydrogen) atoms. The van der Waals surface area contributed by atoms with Gasteiger partial charge in [0.1, 0.15) is 5.82 Å². The van der Waals surface area contributed by atoms with Crippen LogP contribution in [0, 0.1) is 0 Å². The van der Waals surface area contributed by atoms with Crippen molar-refractivity contribution in [1.82, 2.24) is 9.88 Å². The molecule has 0 amide bonds. The number of nitrogens with zero attached hydrogens (tertiary/aromatic N) is 2. The summed E-state index contributed by atoms with van der Waals surface area (Å²) >= 11 is 0. The van der Waals surface area contributed by atoms with Crippen LogP contribution in [0.4, 0.5) is 11.5 Å². The molecule has 1 saturated heterocycles. The number of nitrogen functional groups attached to an aromatic ring is 1. The Bertz CT molecular complexity index is 458. The largest absolute Gasteiger partial charge is 0.464 e. The summed E-state index contributed by atoms with van der Waals surface area (Å²) in [5, 5.41) is 3.19. The van der Waals surface area contributed by atoms with E-state index < -0.39 is 5.97 Å². The van der Waals surface area contributed by atoms with Crippen molar-refractivity contribution in [3.05, 3.63) is 17.8 Å². The van der Waals surface area contributed by atoms with Gasteiger partial charge in [-0.3, -0.25) is 0 Å². The zero-order valence-electron chi connectivity index (χ0n) is 11.9. The molecule has 0 spiro atoms. The molecule has 0 radical (unpaired) electrons. The quantitative estimate of drug-likeness (QED) is 0.791. The third-order valence-electron chi connectivity index (χ3n) is 3.49. The van der Waals surface area contributed by atoms with Crippen molar-refractivity contribution in [1.29, 1.82) is 0 Å². The number of nitrogens with two attached hydrogens (primary N) is 1. The van der Waals surface area contributed by atoms with Crippen molar-refractivity contribution >= 4 is 17.5 Å². The monoisotopic (exact) mass is 278 g/mol. The van der Waals surface area contributed by atoms with Crippen LogP contribution in [0.2, 0.25) is 0 Å². The van der Waals surface area contributed by atoms with E-state index in [-0.39, 0.29) is 5.69 Å². The van der Waals surface area contributed by atoms with E-state index in [1.165, 1.54) is 26.4 Å². The van der Waals surface area contributed by atoms with Crippen LogP contribution in [0.25, 0.3) is 0 Å². The number of pyridine rings is 1. The van der Waals surface area contributed by atoms with Gasteiger partial charge in [0.15, 0.2) is 5.69 Å². The highest BCUT2D eigenvalue weighted by Crippen LogP contribution is 2.16. The van der Waals surface area contributed by atoms with E-state index in [0.717, 1.165) is 26.2 Å². The minimum absolute atomic E-state index is 0.266. The first-order valence-corrected chi connectivity index (χ1v) is 7.02. The summed E-state index contributed by atoms with van der Waals surface area (Å²) < 4.78 is 4.65. The molecule has 0 bridgehead atoms. The predicted octanol–water partition coefficient (Wildman–Crippen LogP) is 1.35. The van der Waals surface area contributed by atoms with Crippen LogP contribution in [-0.2, 0) is 4.74 Å². The van der Waals surface area contributed by atoms with Crippen LogP contribution >= 0.6 is 0 Å². The number of methoxy groups -OCH3 is 1. The number of carbonyl (C=O) groups excluding carboxylic acids is 1. The lowest BCUT2D eigenvalue weighted by atomic mass is 10.1. The Morgan fingerprint density at radius 3 is 2.85 bits per heavy atom. The number of esters is 1. The first-order valence-electron chi connectivity index (χ1n) is 7.02. The van der Waals surface area contributed by atoms with Crippen molar-refractivity contribution in [2.24, 2.45) is 0 Å². The predicted molar refractivity (Wildman–Crippen MR) is 78.8 cm³/mol. The number of carbonyl (C=O) groups is 1. The number of ether oxygens (including phenoxy) is 1. The summed E-state index contributed by atoms with van der Waals surface area (Å²) in [5.74, 6) is 0.0917. The number of rotatable bonds is 5. The summed E-state index contributed by atoms with van der Waals surface area (Å²) in [6.45, 7) is 4.05. The molecule has 2 rings (SSSR count). The minimum atomic E-state index is -0.455. The maximum atomic E-state index is 11.4. The highest BCUT2D eigenvalue weighted by atomic mass is 16.5. The lowest BCUT2D eigenvalue weighted by Gasteiger charge is -2.26. The van der Waals surface area contributed by atoms with Crippen LogP contribution in [0.3, 0.4) is 0 Å². The van der Waals surface area contributed by atoms with Gasteiger partial charge >= 0.3 is 5.97 Å². The number of hydrogen-bond acceptors (Lipinski definition) is 6. The Hall–Kier alpha value is -1.82. The fourth-order valence-electron chi connectivity index (χ4n) is 2.35. The Balaban J connectivity index is 1.89. The Kier molecular flexibility index (Phi) is 5.17. The summed E-state index contributed by atoms with van der Waals surface area (Å²) in [6.07, 6.45) is 3.88. The number of likely N-dealkylation sites (tertiary alicyclic amines) is 1. The maximum Gasteiger partial charge on any atom is 0.356 e. The average molecular weight is 278 g/mol. The van der Waals surface area contributed by atoms with Crippen molar-refractivity contribution < 1.29 is 9.53 Å². The van der Waals surface area contributed by atoms with Gasteiger partial charge < -0.3 is 20.7 Å². The number of nitrogens with one attached hydrogen (secondary N) is 1. The summed E-state index contributed by atoms with van der Waals surface area (Å²) in [4.78, 5) is 18.1. The van der Waals surface area contributed by atoms with Gasteiger partial charge in [-0.2, -0.15) is 0 Å². The Morgan fingerprint density at radius 1 is 1.40 bits per heavy atom. The standard InChI is InChI=1S/C14H22N4O2/c1-20-14(19)12-6-5-11(15)13(17-12)16-7-10-18-8-3-2-4-9-18/h5-6H,2-4,7-10,15H2,1H3,(H,16,17). The topological polar surface area (TPSA) is 80.5 Å². The SMILES string of the molecule is COC(=O)c1ccc(N)c(NCCN2CCCCC2)n1. The van der Waals surface area contributed by atoms with Gasteiger partial charge in [-0.05, 0) is 38.1 Å². The Morgan fingerprint density at radius 2 is 2.15 bits per heavy atom. The second kappa shape index (κ2) is 7.09. The molecule has 0 atom stereocenters. The number of aromatic nitrogens is 1. The molecule has 2 heterocycles. The van der Waals surface area contributed by atoms with E-state index >= 15 is 0 Å². The van der Waals surface area contributed by atoms with E-state index in [4.69, 9.17) is 5.73 Å². The van der Waals surface area contributed by atoms with Crippen molar-refractivity contribution in [2.75, 3.05) is 44.3 Å². The van der Waals surface area contributed by atoms with Crippen LogP contribution in [0.15, 0.2) is 12.1 Å². The van der Waals surface area contributed by atoms with Crippen LogP contribution < -0.4 is 11.1 Å². The molecular formula is C14H22N4O2. The third kappa shape index (κ3) is 3.84. The first-order chi connectivity index (χ1) is 9.70. The third-order valence-corrected chi connectivity index (χ3v) is 3.49. The van der Waals surface area contributed by atoms with Gasteiger partial charge in [0, 0.05) is 13.1 Å². The summed E-state index contributed by atoms with van der Waals surface area (Å²) in [5.41, 5.74) is 6.66. The molecule has 1 aliphatic heterocycles. The molecule has 110 valence electrons. The van der Waals surface area contributed by atoms with Gasteiger partial charge in [0.25, 0.3) is 0 Å². The molecule has 1 fully saturated rings. The zero-order chi connectivity index (χ0) is 14.4. The molecule has 6 nitrogen and oxygen atoms in total. The van der Waals surface area contributed by atoms with Crippen molar-refractivity contribution in [2.45, 2.75) is 19.3 Å². The second-order valence-corrected chi connectivity index (χ2v) is 4.95. The molecule has 1 aromatic rings. The van der Waals surface area contributed by atoms with Crippen molar-refractivity contribution in [3.8, 4) is 0 Å². The van der Waals surface area contributed by atoms with E-state index in [1.54, 1.807) is 12.1 Å². The van der Waals surface area contributed by atoms with Crippen LogP contribution in [0.5, 0.6) is 0 Å². The van der Waals surface area contributed by atoms with Crippen LogP contribution in [0.1, 0.15) is 29.8 Å². The van der Waals surface area contributed by atoms with Crippen molar-refractivity contribution in [3.63, 3.8) is 0 Å². The molecule has 0 aromatic carbocycles. The molecule has 3 N–H and O–H groups in total. The zero-order valence-corrected chi connectivity index (χ0v) is 11.9. The molecule has 0 aliphatic carbocycles. The number of anilines is 2. The Labute approximate surface area is 119 Å². The van der Waals surface area contributed by atoms with E-state index in [0.29, 0.717) is 11.5 Å². The van der Waals surface area contributed by atoms with Gasteiger partial charge in [-0.25, -0.2) is 9.78 Å². The molecule has 1 aromatic heterocycles. The second-order valence-electron chi connectivity index (χ2n) is 4.95. The fraction of sp³-hybridized carbons (Fsp3) is 0.571. The van der Waals surface area contributed by atoms with Crippen LogP contribution in [-0.4, -0.2) is 49.1 Å². The van der Waals surface area contributed by atoms with E-state index in [2.05, 4.69) is 19.9 Å². The molecular weight excluding hydrogens is 256 g/mol. The number of hydrogen-bond donors (Lipinski definition) is 2. The average Bonchev–Trinajstić information content (AvgIpc) is 2.49. The normalized spacial score (nSPS) is 15.8. The molecule has 6 heteroatoms. The summed E-state index contributed by atoms with van der Waals surface area (Å²) in [6, 6.07) is 3.24. The lowest BCUT2D eigenvalue weighted by Crippen LogP contribution is -2.33. The summed E-state index contributed by atoms with van der Waals surface area (Å²) in [7, 11) is 1.34.